The summed E-state index contributed by atoms with van der Waals surface area (Å²) in [6, 6.07) is 18.6. The second kappa shape index (κ2) is 14.6. The molecule has 0 spiro atoms. The SMILES string of the molecule is CCCCSN(CC(O)CNc1ccsc1)S(=O)(=O)c1ccccc1.CS(=O)(=O)c1ccccc1. The second-order valence-electron chi connectivity index (χ2n) is 7.62. The average Bonchev–Trinajstić information content (AvgIpc) is 3.37. The number of hydrogen-bond acceptors (Lipinski definition) is 8. The number of unbranched alkanes of at least 4 members (excludes halogenated alkanes) is 1. The highest BCUT2D eigenvalue weighted by molar-refractivity contribution is 8.08. The van der Waals surface area contributed by atoms with E-state index in [0.29, 0.717) is 17.2 Å². The maximum Gasteiger partial charge on any atom is 0.252 e. The van der Waals surface area contributed by atoms with Crippen LogP contribution < -0.4 is 5.32 Å². The fourth-order valence-corrected chi connectivity index (χ4v) is 7.05. The number of sulfonamides is 1. The van der Waals surface area contributed by atoms with Crippen molar-refractivity contribution in [2.75, 3.05) is 30.4 Å². The molecule has 7 nitrogen and oxygen atoms in total. The molecular formula is C24H32N2O5S4. The van der Waals surface area contributed by atoms with E-state index in [4.69, 9.17) is 0 Å². The molecule has 2 N–H and O–H groups in total. The molecule has 0 aliphatic heterocycles. The largest absolute Gasteiger partial charge is 0.390 e. The molecule has 0 aliphatic rings. The molecule has 0 saturated carbocycles. The number of aliphatic hydroxyl groups is 1. The molecule has 0 fully saturated rings. The molecule has 192 valence electrons. The van der Waals surface area contributed by atoms with Crippen LogP contribution >= 0.6 is 23.3 Å². The Morgan fingerprint density at radius 2 is 1.57 bits per heavy atom. The molecule has 1 aromatic heterocycles. The molecule has 0 aliphatic carbocycles. The smallest absolute Gasteiger partial charge is 0.252 e. The van der Waals surface area contributed by atoms with Crippen molar-refractivity contribution in [1.29, 1.82) is 0 Å². The van der Waals surface area contributed by atoms with E-state index in [0.717, 1.165) is 18.5 Å². The molecule has 1 atom stereocenters. The fourth-order valence-electron chi connectivity index (χ4n) is 2.75. The summed E-state index contributed by atoms with van der Waals surface area (Å²) in [6.45, 7) is 2.41. The predicted molar refractivity (Wildman–Crippen MR) is 146 cm³/mol. The maximum atomic E-state index is 12.9. The van der Waals surface area contributed by atoms with Gasteiger partial charge in [0.05, 0.1) is 22.4 Å². The number of rotatable bonds is 12. The van der Waals surface area contributed by atoms with Crippen molar-refractivity contribution in [2.24, 2.45) is 0 Å². The summed E-state index contributed by atoms with van der Waals surface area (Å²) in [4.78, 5) is 0.618. The van der Waals surface area contributed by atoms with Crippen LogP contribution in [0.3, 0.4) is 0 Å². The lowest BCUT2D eigenvalue weighted by Crippen LogP contribution is -2.36. The van der Waals surface area contributed by atoms with Crippen LogP contribution in [0.15, 0.2) is 87.3 Å². The van der Waals surface area contributed by atoms with E-state index < -0.39 is 26.0 Å². The van der Waals surface area contributed by atoms with Gasteiger partial charge in [0.2, 0.25) is 0 Å². The Hall–Kier alpha value is -1.89. The molecule has 3 rings (SSSR count). The Kier molecular flexibility index (Phi) is 12.3. The van der Waals surface area contributed by atoms with Crippen LogP contribution in [0.5, 0.6) is 0 Å². The highest BCUT2D eigenvalue weighted by atomic mass is 32.3. The first kappa shape index (κ1) is 29.3. The molecular weight excluding hydrogens is 525 g/mol. The van der Waals surface area contributed by atoms with Crippen LogP contribution in [0, 0.1) is 0 Å². The standard InChI is InChI=1S/C17H24N2O3S3.C7H8O2S/c1-2-3-10-24-19(25(21,22)17-7-5-4-6-8-17)13-16(20)12-18-15-9-11-23-14-15;1-10(8,9)7-5-3-2-4-6-7/h4-9,11,14,16,18,20H,2-3,10,12-13H2,1H3;2-6H,1H3. The number of nitrogens with zero attached hydrogens (tertiary/aromatic N) is 1. The Balaban J connectivity index is 0.000000360. The molecule has 3 aromatic rings. The van der Waals surface area contributed by atoms with Crippen LogP contribution in [0.1, 0.15) is 19.8 Å². The lowest BCUT2D eigenvalue weighted by molar-refractivity contribution is 0.177. The summed E-state index contributed by atoms with van der Waals surface area (Å²) < 4.78 is 48.7. The van der Waals surface area contributed by atoms with Gasteiger partial charge in [0.25, 0.3) is 10.0 Å². The Morgan fingerprint density at radius 1 is 0.971 bits per heavy atom. The van der Waals surface area contributed by atoms with Gasteiger partial charge in [0, 0.05) is 29.6 Å². The van der Waals surface area contributed by atoms with Gasteiger partial charge in [-0.1, -0.05) is 61.7 Å². The Bertz CT molecular complexity index is 1190. The highest BCUT2D eigenvalue weighted by Crippen LogP contribution is 2.24. The van der Waals surface area contributed by atoms with Gasteiger partial charge < -0.3 is 10.4 Å². The third kappa shape index (κ3) is 10.3. The van der Waals surface area contributed by atoms with Gasteiger partial charge >= 0.3 is 0 Å². The van der Waals surface area contributed by atoms with Crippen LogP contribution in [-0.2, 0) is 19.9 Å². The maximum absolute atomic E-state index is 12.9. The predicted octanol–water partition coefficient (Wildman–Crippen LogP) is 4.75. The van der Waals surface area contributed by atoms with Crippen molar-refractivity contribution in [3.8, 4) is 0 Å². The van der Waals surface area contributed by atoms with E-state index in [1.807, 2.05) is 16.8 Å². The first-order valence-electron chi connectivity index (χ1n) is 11.0. The summed E-state index contributed by atoms with van der Waals surface area (Å²) in [5, 5.41) is 17.3. The van der Waals surface area contributed by atoms with Crippen LogP contribution in [0.2, 0.25) is 0 Å². The summed E-state index contributed by atoms with van der Waals surface area (Å²) in [5.41, 5.74) is 0.931. The minimum absolute atomic E-state index is 0.0444. The molecule has 0 amide bonds. The number of hydrogen-bond donors (Lipinski definition) is 2. The zero-order chi connectivity index (χ0) is 25.7. The first-order chi connectivity index (χ1) is 16.6. The topological polar surface area (TPSA) is 104 Å². The Labute approximate surface area is 217 Å². The third-order valence-electron chi connectivity index (χ3n) is 4.64. The van der Waals surface area contributed by atoms with Gasteiger partial charge in [0.1, 0.15) is 0 Å². The summed E-state index contributed by atoms with van der Waals surface area (Å²) in [5.74, 6) is 0.702. The summed E-state index contributed by atoms with van der Waals surface area (Å²) in [6.07, 6.45) is 2.32. The van der Waals surface area contributed by atoms with Crippen LogP contribution in [0.4, 0.5) is 5.69 Å². The zero-order valence-electron chi connectivity index (χ0n) is 19.8. The van der Waals surface area contributed by atoms with Gasteiger partial charge in [-0.25, -0.2) is 16.8 Å². The number of sulfone groups is 1. The van der Waals surface area contributed by atoms with Gasteiger partial charge in [-0.3, -0.25) is 0 Å². The van der Waals surface area contributed by atoms with Crippen LogP contribution in [0.25, 0.3) is 0 Å². The van der Waals surface area contributed by atoms with E-state index in [-0.39, 0.29) is 11.4 Å². The molecule has 0 radical (unpaired) electrons. The normalized spacial score (nSPS) is 12.6. The highest BCUT2D eigenvalue weighted by Gasteiger charge is 2.27. The van der Waals surface area contributed by atoms with E-state index >= 15 is 0 Å². The monoisotopic (exact) mass is 556 g/mol. The molecule has 11 heteroatoms. The van der Waals surface area contributed by atoms with E-state index in [2.05, 4.69) is 12.2 Å². The minimum Gasteiger partial charge on any atom is -0.390 e. The van der Waals surface area contributed by atoms with Crippen molar-refractivity contribution < 1.29 is 21.9 Å². The number of nitrogens with one attached hydrogen (secondary N) is 1. The molecule has 35 heavy (non-hydrogen) atoms. The summed E-state index contributed by atoms with van der Waals surface area (Å²) in [7, 11) is -6.64. The van der Waals surface area contributed by atoms with Crippen molar-refractivity contribution in [1.82, 2.24) is 3.71 Å². The quantitative estimate of drug-likeness (QED) is 0.245. The number of aliphatic hydroxyl groups excluding tert-OH is 1. The van der Waals surface area contributed by atoms with Crippen molar-refractivity contribution in [3.63, 3.8) is 0 Å². The Morgan fingerprint density at radius 3 is 2.06 bits per heavy atom. The molecule has 0 bridgehead atoms. The second-order valence-corrected chi connectivity index (χ2v) is 13.6. The van der Waals surface area contributed by atoms with Crippen molar-refractivity contribution in [2.45, 2.75) is 35.7 Å². The molecule has 0 saturated heterocycles. The van der Waals surface area contributed by atoms with E-state index in [1.165, 1.54) is 21.9 Å². The van der Waals surface area contributed by atoms with Gasteiger partial charge in [-0.05, 0) is 42.1 Å². The van der Waals surface area contributed by atoms with Gasteiger partial charge in [0.15, 0.2) is 9.84 Å². The third-order valence-corrected chi connectivity index (χ3v) is 9.81. The average molecular weight is 557 g/mol. The summed E-state index contributed by atoms with van der Waals surface area (Å²) >= 11 is 2.82. The first-order valence-corrected chi connectivity index (χ1v) is 16.3. The zero-order valence-corrected chi connectivity index (χ0v) is 23.0. The van der Waals surface area contributed by atoms with E-state index in [9.17, 15) is 21.9 Å². The number of thiophene rings is 1. The minimum atomic E-state index is -3.64. The van der Waals surface area contributed by atoms with E-state index in [1.54, 1.807) is 72.0 Å². The van der Waals surface area contributed by atoms with Gasteiger partial charge in [-0.2, -0.15) is 11.3 Å². The number of benzene rings is 2. The lowest BCUT2D eigenvalue weighted by atomic mass is 10.3. The molecule has 2 aromatic carbocycles. The van der Waals surface area contributed by atoms with Gasteiger partial charge in [-0.15, -0.1) is 3.71 Å². The molecule has 1 heterocycles. The fraction of sp³-hybridized carbons (Fsp3) is 0.333. The van der Waals surface area contributed by atoms with Crippen molar-refractivity contribution >= 4 is 48.8 Å². The van der Waals surface area contributed by atoms with Crippen molar-refractivity contribution in [3.05, 3.63) is 77.5 Å². The number of anilines is 1. The van der Waals surface area contributed by atoms with Crippen LogP contribution in [-0.4, -0.2) is 56.9 Å². The lowest BCUT2D eigenvalue weighted by Gasteiger charge is -2.24. The molecule has 1 unspecified atom stereocenters.